The zero-order chi connectivity index (χ0) is 22.3. The molecule has 0 bridgehead atoms. The van der Waals surface area contributed by atoms with Gasteiger partial charge >= 0.3 is 0 Å². The number of nitro benzene ring substituents is 1. The average molecular weight is 431 g/mol. The fourth-order valence-corrected chi connectivity index (χ4v) is 3.96. The minimum Gasteiger partial charge on any atom is -0.496 e. The second-order valence-corrected chi connectivity index (χ2v) is 7.96. The number of nitrogens with one attached hydrogen (secondary N) is 1. The summed E-state index contributed by atoms with van der Waals surface area (Å²) >= 11 is 0. The van der Waals surface area contributed by atoms with Crippen molar-refractivity contribution in [3.05, 3.63) is 83.5 Å². The van der Waals surface area contributed by atoms with Crippen LogP contribution in [0.1, 0.15) is 10.4 Å². The molecule has 1 N–H and O–H groups in total. The molecule has 2 rings (SSSR count). The van der Waals surface area contributed by atoms with Crippen LogP contribution in [0.2, 0.25) is 0 Å². The minimum absolute atomic E-state index is 0.00169. The Morgan fingerprint density at radius 2 is 1.77 bits per heavy atom. The van der Waals surface area contributed by atoms with Gasteiger partial charge in [-0.05, 0) is 36.4 Å². The van der Waals surface area contributed by atoms with Gasteiger partial charge in [-0.1, -0.05) is 12.2 Å². The summed E-state index contributed by atoms with van der Waals surface area (Å²) in [6.45, 7) is 7.31. The average Bonchev–Trinajstić information content (AvgIpc) is 2.73. The Hall–Kier alpha value is -3.50. The monoisotopic (exact) mass is 431 g/mol. The van der Waals surface area contributed by atoms with Crippen molar-refractivity contribution in [3.63, 3.8) is 0 Å². The molecule has 30 heavy (non-hydrogen) atoms. The number of hydrogen-bond donors (Lipinski definition) is 1. The van der Waals surface area contributed by atoms with Crippen LogP contribution >= 0.6 is 0 Å². The van der Waals surface area contributed by atoms with Crippen LogP contribution in [0.15, 0.2) is 72.7 Å². The first-order chi connectivity index (χ1) is 14.2. The van der Waals surface area contributed by atoms with E-state index in [1.54, 1.807) is 0 Å². The second-order valence-electron chi connectivity index (χ2n) is 6.02. The van der Waals surface area contributed by atoms with Crippen LogP contribution in [0.4, 0.5) is 11.4 Å². The first-order valence-electron chi connectivity index (χ1n) is 8.70. The quantitative estimate of drug-likeness (QED) is 0.350. The van der Waals surface area contributed by atoms with E-state index in [9.17, 15) is 23.3 Å². The van der Waals surface area contributed by atoms with Crippen molar-refractivity contribution in [3.8, 4) is 5.75 Å². The van der Waals surface area contributed by atoms with Crippen molar-refractivity contribution < 1.29 is 22.9 Å². The maximum absolute atomic E-state index is 12.7. The molecule has 2 aromatic rings. The fourth-order valence-electron chi connectivity index (χ4n) is 2.58. The summed E-state index contributed by atoms with van der Waals surface area (Å²) in [6, 6.07) is 9.29. The van der Waals surface area contributed by atoms with Crippen LogP contribution in [0.5, 0.6) is 5.75 Å². The van der Waals surface area contributed by atoms with E-state index in [0.717, 1.165) is 0 Å². The molecular formula is C20H21N3O6S. The molecular weight excluding hydrogens is 410 g/mol. The van der Waals surface area contributed by atoms with Crippen LogP contribution in [0.25, 0.3) is 0 Å². The summed E-state index contributed by atoms with van der Waals surface area (Å²) in [5.41, 5.74) is -0.199. The molecule has 0 aliphatic heterocycles. The standard InChI is InChI=1S/C20H21N3O6S/c1-4-12-22(13-5-2)30(27,28)17-9-6-15(7-10-17)20(24)21-18-11-8-16(29-3)14-19(18)23(25)26/h4-11,14H,1-2,12-13H2,3H3,(H,21,24). The lowest BCUT2D eigenvalue weighted by Gasteiger charge is -2.19. The summed E-state index contributed by atoms with van der Waals surface area (Å²) in [4.78, 5) is 23.1. The number of methoxy groups -OCH3 is 1. The molecule has 0 saturated carbocycles. The van der Waals surface area contributed by atoms with Gasteiger partial charge < -0.3 is 10.1 Å². The highest BCUT2D eigenvalue weighted by Gasteiger charge is 2.23. The lowest BCUT2D eigenvalue weighted by atomic mass is 10.2. The zero-order valence-corrected chi connectivity index (χ0v) is 17.1. The first-order valence-corrected chi connectivity index (χ1v) is 10.1. The predicted molar refractivity (Wildman–Crippen MR) is 113 cm³/mol. The SMILES string of the molecule is C=CCN(CC=C)S(=O)(=O)c1ccc(C(=O)Nc2ccc(OC)cc2[N+](=O)[O-])cc1. The normalized spacial score (nSPS) is 11.0. The number of anilines is 1. The van der Waals surface area contributed by atoms with Gasteiger partial charge in [0.05, 0.1) is 23.0 Å². The summed E-state index contributed by atoms with van der Waals surface area (Å²) in [7, 11) is -2.42. The van der Waals surface area contributed by atoms with Gasteiger partial charge in [0, 0.05) is 18.7 Å². The largest absolute Gasteiger partial charge is 0.496 e. The zero-order valence-electron chi connectivity index (χ0n) is 16.3. The van der Waals surface area contributed by atoms with Crippen LogP contribution in [0.3, 0.4) is 0 Å². The first kappa shape index (κ1) is 22.8. The van der Waals surface area contributed by atoms with E-state index in [-0.39, 0.29) is 40.7 Å². The van der Waals surface area contributed by atoms with Crippen LogP contribution < -0.4 is 10.1 Å². The third kappa shape index (κ3) is 5.10. The maximum Gasteiger partial charge on any atom is 0.296 e. The molecule has 0 spiro atoms. The summed E-state index contributed by atoms with van der Waals surface area (Å²) in [6.07, 6.45) is 2.93. The number of sulfonamides is 1. The molecule has 2 aromatic carbocycles. The van der Waals surface area contributed by atoms with Crippen LogP contribution in [-0.2, 0) is 10.0 Å². The second kappa shape index (κ2) is 9.81. The molecule has 0 saturated heterocycles. The van der Waals surface area contributed by atoms with E-state index in [1.807, 2.05) is 0 Å². The molecule has 9 nitrogen and oxygen atoms in total. The van der Waals surface area contributed by atoms with Crippen molar-refractivity contribution in [1.82, 2.24) is 4.31 Å². The Bertz CT molecular complexity index is 1050. The maximum atomic E-state index is 12.7. The van der Waals surface area contributed by atoms with E-state index >= 15 is 0 Å². The molecule has 0 unspecified atom stereocenters. The highest BCUT2D eigenvalue weighted by Crippen LogP contribution is 2.29. The predicted octanol–water partition coefficient (Wildman–Crippen LogP) is 3.22. The van der Waals surface area contributed by atoms with Crippen molar-refractivity contribution in [2.45, 2.75) is 4.90 Å². The highest BCUT2D eigenvalue weighted by atomic mass is 32.2. The van der Waals surface area contributed by atoms with Crippen molar-refractivity contribution in [2.75, 3.05) is 25.5 Å². The lowest BCUT2D eigenvalue weighted by molar-refractivity contribution is -0.384. The molecule has 0 aliphatic rings. The molecule has 1 amide bonds. The van der Waals surface area contributed by atoms with Gasteiger partial charge in [0.25, 0.3) is 11.6 Å². The van der Waals surface area contributed by atoms with Gasteiger partial charge in [0.2, 0.25) is 10.0 Å². The van der Waals surface area contributed by atoms with Gasteiger partial charge in [-0.25, -0.2) is 8.42 Å². The number of ether oxygens (including phenoxy) is 1. The lowest BCUT2D eigenvalue weighted by Crippen LogP contribution is -2.31. The van der Waals surface area contributed by atoms with Crippen LogP contribution in [-0.4, -0.2) is 43.8 Å². The fraction of sp³-hybridized carbons (Fsp3) is 0.150. The Morgan fingerprint density at radius 3 is 2.27 bits per heavy atom. The molecule has 10 heteroatoms. The molecule has 0 aliphatic carbocycles. The molecule has 0 aromatic heterocycles. The number of nitro groups is 1. The number of benzene rings is 2. The topological polar surface area (TPSA) is 119 Å². The van der Waals surface area contributed by atoms with Gasteiger partial charge in [-0.15, -0.1) is 13.2 Å². The smallest absolute Gasteiger partial charge is 0.296 e. The Balaban J connectivity index is 2.26. The molecule has 0 heterocycles. The van der Waals surface area contributed by atoms with Crippen molar-refractivity contribution >= 4 is 27.3 Å². The van der Waals surface area contributed by atoms with Gasteiger partial charge in [0.1, 0.15) is 11.4 Å². The molecule has 158 valence electrons. The molecule has 0 atom stereocenters. The summed E-state index contributed by atoms with van der Waals surface area (Å²) < 4.78 is 31.6. The minimum atomic E-state index is -3.80. The Labute approximate surface area is 174 Å². The summed E-state index contributed by atoms with van der Waals surface area (Å²) in [5.74, 6) is -0.348. The summed E-state index contributed by atoms with van der Waals surface area (Å²) in [5, 5.41) is 13.7. The van der Waals surface area contributed by atoms with E-state index in [4.69, 9.17) is 4.74 Å². The Kier molecular flexibility index (Phi) is 7.45. The van der Waals surface area contributed by atoms with Crippen LogP contribution in [0, 0.1) is 10.1 Å². The molecule has 0 fully saturated rings. The number of amides is 1. The van der Waals surface area contributed by atoms with Gasteiger partial charge in [0.15, 0.2) is 0 Å². The van der Waals surface area contributed by atoms with E-state index in [1.165, 1.54) is 66.0 Å². The van der Waals surface area contributed by atoms with Gasteiger partial charge in [-0.3, -0.25) is 14.9 Å². The van der Waals surface area contributed by atoms with Gasteiger partial charge in [-0.2, -0.15) is 4.31 Å². The third-order valence-corrected chi connectivity index (χ3v) is 5.92. The number of rotatable bonds is 10. The van der Waals surface area contributed by atoms with Crippen molar-refractivity contribution in [2.24, 2.45) is 0 Å². The van der Waals surface area contributed by atoms with E-state index in [0.29, 0.717) is 0 Å². The third-order valence-electron chi connectivity index (χ3n) is 4.07. The number of carbonyl (C=O) groups excluding carboxylic acids is 1. The van der Waals surface area contributed by atoms with E-state index < -0.39 is 20.9 Å². The van der Waals surface area contributed by atoms with E-state index in [2.05, 4.69) is 18.5 Å². The number of hydrogen-bond acceptors (Lipinski definition) is 6. The number of nitrogens with zero attached hydrogens (tertiary/aromatic N) is 2. The van der Waals surface area contributed by atoms with Crippen molar-refractivity contribution in [1.29, 1.82) is 0 Å². The molecule has 0 radical (unpaired) electrons. The number of carbonyl (C=O) groups is 1. The Morgan fingerprint density at radius 1 is 1.17 bits per heavy atom. The highest BCUT2D eigenvalue weighted by molar-refractivity contribution is 7.89.